The Labute approximate surface area is 180 Å². The second kappa shape index (κ2) is 9.38. The maximum absolute atomic E-state index is 14.1. The molecule has 0 radical (unpaired) electrons. The standard InChI is InChI=1S/C22H26FN7O/c1-4-28-21-13(10-24)7-18(30-27-3)20(25)16-6-5-15(23)9-17(16)12(2)31-19-8-14(21)11-29-22(19)26/h5-6,8-12,24-25,27-28H,4,7H2,1-3H3,(H2,26,29)/b21-13-,24-10?,25-20?,30-18-/t12-/m1/s1. The van der Waals surface area contributed by atoms with Gasteiger partial charge < -0.3 is 26.6 Å². The first-order valence-electron chi connectivity index (χ1n) is 9.91. The summed E-state index contributed by atoms with van der Waals surface area (Å²) in [5, 5.41) is 24.4. The van der Waals surface area contributed by atoms with E-state index in [1.807, 2.05) is 6.92 Å². The van der Waals surface area contributed by atoms with Crippen LogP contribution in [0.5, 0.6) is 5.75 Å². The number of aromatic nitrogens is 1. The second-order valence-electron chi connectivity index (χ2n) is 7.01. The predicted octanol–water partition coefficient (Wildman–Crippen LogP) is 3.26. The summed E-state index contributed by atoms with van der Waals surface area (Å²) in [5.74, 6) is 0.108. The molecule has 0 spiro atoms. The molecule has 6 N–H and O–H groups in total. The summed E-state index contributed by atoms with van der Waals surface area (Å²) in [6.07, 6.45) is 2.44. The number of nitrogens with zero attached hydrogens (tertiary/aromatic N) is 2. The molecular formula is C22H26FN7O. The highest BCUT2D eigenvalue weighted by Crippen LogP contribution is 2.32. The lowest BCUT2D eigenvalue weighted by Crippen LogP contribution is -2.24. The molecular weight excluding hydrogens is 397 g/mol. The minimum absolute atomic E-state index is 0.116. The zero-order chi connectivity index (χ0) is 22.5. The minimum atomic E-state index is -0.602. The van der Waals surface area contributed by atoms with Crippen LogP contribution in [0.3, 0.4) is 0 Å². The van der Waals surface area contributed by atoms with Crippen molar-refractivity contribution in [1.82, 2.24) is 15.7 Å². The van der Waals surface area contributed by atoms with Gasteiger partial charge in [0.05, 0.1) is 11.4 Å². The molecule has 2 bridgehead atoms. The number of anilines is 1. The van der Waals surface area contributed by atoms with Crippen molar-refractivity contribution < 1.29 is 9.13 Å². The van der Waals surface area contributed by atoms with Gasteiger partial charge in [-0.2, -0.15) is 5.10 Å². The maximum atomic E-state index is 14.1. The number of nitrogens with one attached hydrogen (secondary N) is 4. The maximum Gasteiger partial charge on any atom is 0.166 e. The number of rotatable bonds is 4. The molecule has 0 amide bonds. The van der Waals surface area contributed by atoms with Crippen LogP contribution in [0.1, 0.15) is 43.1 Å². The van der Waals surface area contributed by atoms with Crippen molar-refractivity contribution in [2.45, 2.75) is 26.4 Å². The number of nitrogens with two attached hydrogens (primary N) is 1. The van der Waals surface area contributed by atoms with Crippen molar-refractivity contribution in [1.29, 1.82) is 10.8 Å². The highest BCUT2D eigenvalue weighted by atomic mass is 19.1. The lowest BCUT2D eigenvalue weighted by atomic mass is 9.92. The fraction of sp³-hybridized carbons (Fsp3) is 0.273. The Balaban J connectivity index is 2.31. The molecule has 1 aliphatic heterocycles. The lowest BCUT2D eigenvalue weighted by Gasteiger charge is -2.23. The summed E-state index contributed by atoms with van der Waals surface area (Å²) in [7, 11) is 1.64. The summed E-state index contributed by atoms with van der Waals surface area (Å²) in [6.45, 7) is 4.33. The largest absolute Gasteiger partial charge is 0.482 e. The van der Waals surface area contributed by atoms with Crippen LogP contribution in [-0.4, -0.2) is 36.2 Å². The smallest absolute Gasteiger partial charge is 0.166 e. The lowest BCUT2D eigenvalue weighted by molar-refractivity contribution is 0.227. The average molecular weight is 423 g/mol. The Morgan fingerprint density at radius 1 is 1.39 bits per heavy atom. The van der Waals surface area contributed by atoms with Gasteiger partial charge >= 0.3 is 0 Å². The normalized spacial score (nSPS) is 20.2. The van der Waals surface area contributed by atoms with Gasteiger partial charge in [0.2, 0.25) is 0 Å². The highest BCUT2D eigenvalue weighted by molar-refractivity contribution is 6.48. The third-order valence-electron chi connectivity index (χ3n) is 4.94. The number of hydrogen-bond acceptors (Lipinski definition) is 8. The van der Waals surface area contributed by atoms with Crippen molar-refractivity contribution >= 4 is 29.2 Å². The highest BCUT2D eigenvalue weighted by Gasteiger charge is 2.23. The molecule has 1 aliphatic rings. The van der Waals surface area contributed by atoms with Crippen LogP contribution in [0.15, 0.2) is 41.1 Å². The van der Waals surface area contributed by atoms with Crippen LogP contribution in [0, 0.1) is 16.6 Å². The molecule has 8 nitrogen and oxygen atoms in total. The second-order valence-corrected chi connectivity index (χ2v) is 7.01. The van der Waals surface area contributed by atoms with Gasteiger partial charge in [0.15, 0.2) is 11.6 Å². The van der Waals surface area contributed by atoms with Crippen molar-refractivity contribution in [2.24, 2.45) is 5.10 Å². The Hall–Kier alpha value is -3.75. The number of benzene rings is 1. The first kappa shape index (κ1) is 21.9. The zero-order valence-corrected chi connectivity index (χ0v) is 17.7. The van der Waals surface area contributed by atoms with Gasteiger partial charge in [0, 0.05) is 54.8 Å². The van der Waals surface area contributed by atoms with E-state index < -0.39 is 11.9 Å². The molecule has 162 valence electrons. The van der Waals surface area contributed by atoms with Crippen molar-refractivity contribution in [3.05, 3.63) is 58.5 Å². The van der Waals surface area contributed by atoms with Gasteiger partial charge in [-0.15, -0.1) is 0 Å². The number of allylic oxidation sites excluding steroid dienone is 1. The fourth-order valence-electron chi connectivity index (χ4n) is 3.48. The van der Waals surface area contributed by atoms with E-state index in [4.69, 9.17) is 21.3 Å². The van der Waals surface area contributed by atoms with E-state index in [-0.39, 0.29) is 18.0 Å². The molecule has 9 heteroatoms. The number of hydrazone groups is 1. The molecule has 0 aliphatic carbocycles. The first-order valence-corrected chi connectivity index (χ1v) is 9.91. The minimum Gasteiger partial charge on any atom is -0.482 e. The molecule has 0 saturated heterocycles. The molecule has 2 aromatic rings. The number of hydrogen-bond donors (Lipinski definition) is 5. The van der Waals surface area contributed by atoms with E-state index in [0.717, 1.165) is 0 Å². The van der Waals surface area contributed by atoms with Crippen LogP contribution >= 0.6 is 0 Å². The van der Waals surface area contributed by atoms with Gasteiger partial charge in [-0.05, 0) is 43.7 Å². The Morgan fingerprint density at radius 2 is 2.16 bits per heavy atom. The summed E-state index contributed by atoms with van der Waals surface area (Å²) < 4.78 is 20.2. The van der Waals surface area contributed by atoms with E-state index in [0.29, 0.717) is 46.0 Å². The number of nitrogen functional groups attached to an aromatic ring is 1. The van der Waals surface area contributed by atoms with Gasteiger partial charge in [0.25, 0.3) is 0 Å². The van der Waals surface area contributed by atoms with Crippen molar-refractivity contribution in [3.63, 3.8) is 0 Å². The van der Waals surface area contributed by atoms with Gasteiger partial charge in [-0.1, -0.05) is 0 Å². The van der Waals surface area contributed by atoms with E-state index in [1.165, 1.54) is 18.3 Å². The van der Waals surface area contributed by atoms with Crippen molar-refractivity contribution in [2.75, 3.05) is 19.3 Å². The molecule has 1 atom stereocenters. The Kier molecular flexibility index (Phi) is 6.64. The van der Waals surface area contributed by atoms with Gasteiger partial charge in [-0.3, -0.25) is 5.41 Å². The third-order valence-corrected chi connectivity index (χ3v) is 4.94. The van der Waals surface area contributed by atoms with Crippen molar-refractivity contribution in [3.8, 4) is 5.75 Å². The van der Waals surface area contributed by atoms with E-state index in [2.05, 4.69) is 20.8 Å². The monoisotopic (exact) mass is 423 g/mol. The number of pyridine rings is 1. The molecule has 3 rings (SSSR count). The molecule has 2 heterocycles. The zero-order valence-electron chi connectivity index (χ0n) is 17.7. The SMILES string of the molecule is CCN/C1=C(\C=N)C/C(=N/NC)C(=N)c2ccc(F)cc2[C@@H](C)Oc2cc1cnc2N. The molecule has 0 fully saturated rings. The van der Waals surface area contributed by atoms with E-state index >= 15 is 0 Å². The third kappa shape index (κ3) is 4.55. The van der Waals surface area contributed by atoms with Crippen LogP contribution < -0.4 is 21.2 Å². The van der Waals surface area contributed by atoms with E-state index in [9.17, 15) is 4.39 Å². The topological polar surface area (TPSA) is 132 Å². The molecule has 0 unspecified atom stereocenters. The summed E-state index contributed by atoms with van der Waals surface area (Å²) >= 11 is 0. The summed E-state index contributed by atoms with van der Waals surface area (Å²) in [6, 6.07) is 5.95. The first-order chi connectivity index (χ1) is 14.9. The average Bonchev–Trinajstić information content (AvgIpc) is 2.76. The number of ether oxygens (including phenoxy) is 1. The van der Waals surface area contributed by atoms with Gasteiger partial charge in [0.1, 0.15) is 11.9 Å². The van der Waals surface area contributed by atoms with Crippen LogP contribution in [0.4, 0.5) is 10.2 Å². The summed E-state index contributed by atoms with van der Waals surface area (Å²) in [4.78, 5) is 4.25. The van der Waals surface area contributed by atoms with Crippen LogP contribution in [-0.2, 0) is 0 Å². The summed E-state index contributed by atoms with van der Waals surface area (Å²) in [5.41, 5.74) is 12.2. The van der Waals surface area contributed by atoms with Crippen LogP contribution in [0.2, 0.25) is 0 Å². The van der Waals surface area contributed by atoms with Crippen LogP contribution in [0.25, 0.3) is 5.70 Å². The number of fused-ring (bicyclic) bond motifs is 3. The quantitative estimate of drug-likeness (QED) is 0.380. The molecule has 1 aromatic heterocycles. The Morgan fingerprint density at radius 3 is 2.84 bits per heavy atom. The predicted molar refractivity (Wildman–Crippen MR) is 121 cm³/mol. The molecule has 1 aromatic carbocycles. The molecule has 0 saturated carbocycles. The fourth-order valence-corrected chi connectivity index (χ4v) is 3.48. The number of halogens is 1. The Bertz CT molecular complexity index is 1080. The van der Waals surface area contributed by atoms with Gasteiger partial charge in [-0.25, -0.2) is 9.37 Å². The van der Waals surface area contributed by atoms with E-state index in [1.54, 1.807) is 32.3 Å². The molecule has 31 heavy (non-hydrogen) atoms.